The summed E-state index contributed by atoms with van der Waals surface area (Å²) in [6.45, 7) is 12.1. The van der Waals surface area contributed by atoms with E-state index >= 15 is 0 Å². The molecule has 1 saturated carbocycles. The molecule has 0 aliphatic heterocycles. The first-order valence-corrected chi connectivity index (χ1v) is 13.0. The van der Waals surface area contributed by atoms with Gasteiger partial charge in [0.05, 0.1) is 15.5 Å². The van der Waals surface area contributed by atoms with Gasteiger partial charge in [0.25, 0.3) is 5.69 Å². The molecule has 0 heterocycles. The van der Waals surface area contributed by atoms with Gasteiger partial charge in [0.2, 0.25) is 0 Å². The van der Waals surface area contributed by atoms with Crippen molar-refractivity contribution in [2.24, 2.45) is 0 Å². The number of nitriles is 1. The molecule has 0 amide bonds. The van der Waals surface area contributed by atoms with Crippen molar-refractivity contribution in [2.75, 3.05) is 29.4 Å². The number of hydrogen-bond donors (Lipinski definition) is 0. The van der Waals surface area contributed by atoms with Crippen LogP contribution in [0.25, 0.3) is 0 Å². The number of nitro groups is 1. The van der Waals surface area contributed by atoms with E-state index in [-0.39, 0.29) is 6.04 Å². The molecular formula is C28H34ClF3N4O2. The summed E-state index contributed by atoms with van der Waals surface area (Å²) in [5.41, 5.74) is 0.973. The van der Waals surface area contributed by atoms with Crippen molar-refractivity contribution in [1.29, 1.82) is 5.26 Å². The summed E-state index contributed by atoms with van der Waals surface area (Å²) in [6, 6.07) is 11.0. The van der Waals surface area contributed by atoms with Crippen molar-refractivity contribution in [1.82, 2.24) is 0 Å². The van der Waals surface area contributed by atoms with Gasteiger partial charge < -0.3 is 9.80 Å². The van der Waals surface area contributed by atoms with E-state index in [2.05, 4.69) is 24.5 Å². The Labute approximate surface area is 227 Å². The van der Waals surface area contributed by atoms with Crippen LogP contribution >= 0.6 is 11.6 Å². The fourth-order valence-electron chi connectivity index (χ4n) is 4.64. The van der Waals surface area contributed by atoms with Gasteiger partial charge in [-0.3, -0.25) is 10.1 Å². The number of nitrogens with zero attached hydrogens (tertiary/aromatic N) is 4. The Morgan fingerprint density at radius 3 is 2.24 bits per heavy atom. The highest BCUT2D eigenvalue weighted by atomic mass is 35.5. The number of benzene rings is 2. The first-order valence-electron chi connectivity index (χ1n) is 12.6. The maximum atomic E-state index is 13.1. The summed E-state index contributed by atoms with van der Waals surface area (Å²) in [5, 5.41) is 20.1. The molecule has 0 spiro atoms. The molecule has 0 radical (unpaired) electrons. The molecule has 0 bridgehead atoms. The normalized spacial score (nSPS) is 13.6. The molecule has 0 unspecified atom stereocenters. The molecular weight excluding hydrogens is 517 g/mol. The minimum Gasteiger partial charge on any atom is -0.369 e. The molecule has 2 aromatic carbocycles. The maximum Gasteiger partial charge on any atom is 0.423 e. The van der Waals surface area contributed by atoms with Gasteiger partial charge in [-0.1, -0.05) is 43.0 Å². The Morgan fingerprint density at radius 2 is 1.76 bits per heavy atom. The molecule has 0 aromatic heterocycles. The SMILES string of the molecule is C=C(C)CN(CC)c1ccc(C#N)c(Cl)c1.CCN(c1ccc([N+](=O)[O-])c(C(F)(F)F)c1)C1CCCCC1. The highest BCUT2D eigenvalue weighted by molar-refractivity contribution is 6.32. The van der Waals surface area contributed by atoms with Crippen molar-refractivity contribution in [2.45, 2.75) is 65.1 Å². The zero-order valence-electron chi connectivity index (χ0n) is 22.0. The Hall–Kier alpha value is -3.25. The zero-order chi connectivity index (χ0) is 28.5. The topological polar surface area (TPSA) is 73.4 Å². The molecule has 2 aromatic rings. The van der Waals surface area contributed by atoms with E-state index in [9.17, 15) is 23.3 Å². The van der Waals surface area contributed by atoms with Crippen LogP contribution in [0.3, 0.4) is 0 Å². The van der Waals surface area contributed by atoms with Crippen molar-refractivity contribution in [3.63, 3.8) is 0 Å². The van der Waals surface area contributed by atoms with Gasteiger partial charge >= 0.3 is 6.18 Å². The summed E-state index contributed by atoms with van der Waals surface area (Å²) in [5.74, 6) is 0. The van der Waals surface area contributed by atoms with Crippen LogP contribution in [-0.4, -0.2) is 30.6 Å². The van der Waals surface area contributed by atoms with E-state index in [0.29, 0.717) is 22.8 Å². The predicted molar refractivity (Wildman–Crippen MR) is 147 cm³/mol. The predicted octanol–water partition coefficient (Wildman–Crippen LogP) is 8.39. The lowest BCUT2D eigenvalue weighted by Crippen LogP contribution is -2.36. The van der Waals surface area contributed by atoms with Gasteiger partial charge in [0.1, 0.15) is 11.6 Å². The van der Waals surface area contributed by atoms with Crippen LogP contribution < -0.4 is 9.80 Å². The number of halogens is 4. The number of alkyl halides is 3. The van der Waals surface area contributed by atoms with Crippen LogP contribution in [0.2, 0.25) is 5.02 Å². The summed E-state index contributed by atoms with van der Waals surface area (Å²) in [4.78, 5) is 13.9. The third-order valence-electron chi connectivity index (χ3n) is 6.45. The first kappa shape index (κ1) is 31.0. The van der Waals surface area contributed by atoms with Gasteiger partial charge in [0.15, 0.2) is 0 Å². The number of anilines is 2. The lowest BCUT2D eigenvalue weighted by atomic mass is 9.93. The van der Waals surface area contributed by atoms with Gasteiger partial charge in [-0.05, 0) is 63.9 Å². The fraction of sp³-hybridized carbons (Fsp3) is 0.464. The van der Waals surface area contributed by atoms with E-state index < -0.39 is 22.4 Å². The molecule has 0 atom stereocenters. The van der Waals surface area contributed by atoms with Crippen LogP contribution in [-0.2, 0) is 6.18 Å². The van der Waals surface area contributed by atoms with Crippen molar-refractivity contribution < 1.29 is 18.1 Å². The second kappa shape index (κ2) is 14.1. The van der Waals surface area contributed by atoms with Gasteiger partial charge in [-0.2, -0.15) is 18.4 Å². The van der Waals surface area contributed by atoms with Crippen molar-refractivity contribution in [3.8, 4) is 6.07 Å². The second-order valence-electron chi connectivity index (χ2n) is 9.28. The summed E-state index contributed by atoms with van der Waals surface area (Å²) in [6.07, 6.45) is 0.464. The monoisotopic (exact) mass is 550 g/mol. The third kappa shape index (κ3) is 8.38. The molecule has 38 heavy (non-hydrogen) atoms. The van der Waals surface area contributed by atoms with E-state index in [1.54, 1.807) is 6.07 Å². The number of rotatable bonds is 8. The third-order valence-corrected chi connectivity index (χ3v) is 6.76. The molecule has 0 N–H and O–H groups in total. The summed E-state index contributed by atoms with van der Waals surface area (Å²) < 4.78 is 39.2. The standard InChI is InChI=1S/C15H19F3N2O2.C13H15ClN2/c1-2-19(11-6-4-3-5-7-11)12-8-9-14(20(21)22)13(10-12)15(16,17)18;1-4-16(9-10(2)3)12-6-5-11(8-15)13(14)7-12/h8-11H,2-7H2,1H3;5-7H,2,4,9H2,1,3H3. The second-order valence-corrected chi connectivity index (χ2v) is 9.69. The van der Waals surface area contributed by atoms with Gasteiger partial charge in [0, 0.05) is 43.1 Å². The highest BCUT2D eigenvalue weighted by Crippen LogP contribution is 2.39. The Bertz CT molecular complexity index is 1160. The largest absolute Gasteiger partial charge is 0.423 e. The van der Waals surface area contributed by atoms with E-state index in [4.69, 9.17) is 16.9 Å². The Balaban J connectivity index is 0.000000281. The first-order chi connectivity index (χ1) is 17.9. The van der Waals surface area contributed by atoms with Crippen LogP contribution in [0.5, 0.6) is 0 Å². The van der Waals surface area contributed by atoms with Gasteiger partial charge in [-0.25, -0.2) is 0 Å². The van der Waals surface area contributed by atoms with Crippen molar-refractivity contribution in [3.05, 3.63) is 74.8 Å². The lowest BCUT2D eigenvalue weighted by Gasteiger charge is -2.35. The number of nitro benzene ring substituents is 1. The highest BCUT2D eigenvalue weighted by Gasteiger charge is 2.39. The van der Waals surface area contributed by atoms with E-state index in [1.807, 2.05) is 30.9 Å². The quantitative estimate of drug-likeness (QED) is 0.187. The molecule has 1 aliphatic carbocycles. The Morgan fingerprint density at radius 1 is 1.13 bits per heavy atom. The minimum atomic E-state index is -4.73. The molecule has 1 fully saturated rings. The fourth-order valence-corrected chi connectivity index (χ4v) is 4.85. The van der Waals surface area contributed by atoms with Gasteiger partial charge in [-0.15, -0.1) is 0 Å². The van der Waals surface area contributed by atoms with E-state index in [0.717, 1.165) is 68.6 Å². The average molecular weight is 551 g/mol. The van der Waals surface area contributed by atoms with Crippen LogP contribution in [0.1, 0.15) is 64.0 Å². The molecule has 0 saturated heterocycles. The lowest BCUT2D eigenvalue weighted by molar-refractivity contribution is -0.388. The number of hydrogen-bond acceptors (Lipinski definition) is 5. The van der Waals surface area contributed by atoms with Crippen LogP contribution in [0.15, 0.2) is 48.6 Å². The van der Waals surface area contributed by atoms with Crippen LogP contribution in [0.4, 0.5) is 30.2 Å². The molecule has 3 rings (SSSR count). The maximum absolute atomic E-state index is 13.1. The van der Waals surface area contributed by atoms with Crippen molar-refractivity contribution >= 4 is 28.7 Å². The smallest absolute Gasteiger partial charge is 0.369 e. The minimum absolute atomic E-state index is 0.210. The molecule has 1 aliphatic rings. The molecule has 6 nitrogen and oxygen atoms in total. The summed E-state index contributed by atoms with van der Waals surface area (Å²) >= 11 is 6.00. The van der Waals surface area contributed by atoms with E-state index in [1.165, 1.54) is 6.07 Å². The summed E-state index contributed by atoms with van der Waals surface area (Å²) in [7, 11) is 0. The number of likely N-dealkylation sites (N-methyl/N-ethyl adjacent to an activating group) is 1. The average Bonchev–Trinajstić information content (AvgIpc) is 2.88. The zero-order valence-corrected chi connectivity index (χ0v) is 22.8. The molecule has 10 heteroatoms. The molecule has 206 valence electrons. The van der Waals surface area contributed by atoms with Crippen LogP contribution in [0, 0.1) is 21.4 Å². The Kier molecular flexibility index (Phi) is 11.5.